The van der Waals surface area contributed by atoms with E-state index in [2.05, 4.69) is 41.8 Å². The van der Waals surface area contributed by atoms with Gasteiger partial charge in [0.2, 0.25) is 5.91 Å². The molecule has 0 spiro atoms. The summed E-state index contributed by atoms with van der Waals surface area (Å²) in [5.74, 6) is 1.19. The average Bonchev–Trinajstić information content (AvgIpc) is 2.96. The van der Waals surface area contributed by atoms with Gasteiger partial charge in [-0.25, -0.2) is 0 Å². The summed E-state index contributed by atoms with van der Waals surface area (Å²) in [6.45, 7) is 7.93. The van der Waals surface area contributed by atoms with Crippen LogP contribution in [0.4, 0.5) is 0 Å². The van der Waals surface area contributed by atoms with Crippen LogP contribution in [-0.2, 0) is 9.53 Å². The number of hydrogen-bond acceptors (Lipinski definition) is 4. The Bertz CT molecular complexity index is 578. The fraction of sp³-hybridized carbons (Fsp3) is 0.650. The van der Waals surface area contributed by atoms with Crippen molar-refractivity contribution in [3.8, 4) is 5.75 Å². The van der Waals surface area contributed by atoms with E-state index in [9.17, 15) is 4.79 Å². The molecule has 1 amide bonds. The van der Waals surface area contributed by atoms with Crippen LogP contribution in [0.5, 0.6) is 5.75 Å². The van der Waals surface area contributed by atoms with Gasteiger partial charge >= 0.3 is 0 Å². The second kappa shape index (κ2) is 8.19. The van der Waals surface area contributed by atoms with Crippen LogP contribution in [-0.4, -0.2) is 67.7 Å². The van der Waals surface area contributed by atoms with Crippen molar-refractivity contribution in [3.05, 3.63) is 29.3 Å². The fourth-order valence-electron chi connectivity index (χ4n) is 3.93. The van der Waals surface area contributed by atoms with E-state index in [0.29, 0.717) is 12.6 Å². The predicted octanol–water partition coefficient (Wildman–Crippen LogP) is 2.39. The zero-order valence-electron chi connectivity index (χ0n) is 15.7. The average molecular weight is 346 g/mol. The van der Waals surface area contributed by atoms with E-state index >= 15 is 0 Å². The lowest BCUT2D eigenvalue weighted by Gasteiger charge is -2.32. The standard InChI is InChI=1S/C20H30N2O3/c1-15-12-16(2)14-18(13-15)25-11-8-21(3)19-4-7-22(20(19)23)17-5-9-24-10-6-17/h12-14,17,19H,4-11H2,1-3H3. The molecule has 1 aromatic rings. The maximum absolute atomic E-state index is 12.8. The molecule has 5 heteroatoms. The molecular weight excluding hydrogens is 316 g/mol. The van der Waals surface area contributed by atoms with Gasteiger partial charge in [0.1, 0.15) is 12.4 Å². The zero-order chi connectivity index (χ0) is 17.8. The molecule has 0 aromatic heterocycles. The summed E-state index contributed by atoms with van der Waals surface area (Å²) in [4.78, 5) is 17.0. The van der Waals surface area contributed by atoms with E-state index in [-0.39, 0.29) is 11.9 Å². The molecule has 2 fully saturated rings. The molecule has 0 saturated carbocycles. The van der Waals surface area contributed by atoms with Gasteiger partial charge < -0.3 is 14.4 Å². The number of nitrogens with zero attached hydrogens (tertiary/aromatic N) is 2. The Labute approximate surface area is 150 Å². The summed E-state index contributed by atoms with van der Waals surface area (Å²) < 4.78 is 11.3. The zero-order valence-corrected chi connectivity index (χ0v) is 15.7. The number of hydrogen-bond donors (Lipinski definition) is 0. The number of ether oxygens (including phenoxy) is 2. The van der Waals surface area contributed by atoms with Crippen molar-refractivity contribution >= 4 is 5.91 Å². The molecule has 0 N–H and O–H groups in total. The first-order valence-electron chi connectivity index (χ1n) is 9.34. The summed E-state index contributed by atoms with van der Waals surface area (Å²) in [5.41, 5.74) is 2.42. The topological polar surface area (TPSA) is 42.0 Å². The normalized spacial score (nSPS) is 22.0. The van der Waals surface area contributed by atoms with Gasteiger partial charge in [-0.15, -0.1) is 0 Å². The maximum atomic E-state index is 12.8. The van der Waals surface area contributed by atoms with Crippen molar-refractivity contribution in [2.75, 3.05) is 40.0 Å². The second-order valence-corrected chi connectivity index (χ2v) is 7.33. The molecule has 3 rings (SSSR count). The smallest absolute Gasteiger partial charge is 0.240 e. The van der Waals surface area contributed by atoms with E-state index in [0.717, 1.165) is 51.3 Å². The lowest BCUT2D eigenvalue weighted by molar-refractivity contribution is -0.135. The third-order valence-corrected chi connectivity index (χ3v) is 5.28. The number of likely N-dealkylation sites (tertiary alicyclic amines) is 1. The third-order valence-electron chi connectivity index (χ3n) is 5.28. The first-order valence-corrected chi connectivity index (χ1v) is 9.34. The van der Waals surface area contributed by atoms with Gasteiger partial charge in [-0.05, 0) is 63.4 Å². The Morgan fingerprint density at radius 2 is 1.84 bits per heavy atom. The Hall–Kier alpha value is -1.59. The van der Waals surface area contributed by atoms with Crippen molar-refractivity contribution in [2.45, 2.75) is 45.2 Å². The van der Waals surface area contributed by atoms with Crippen molar-refractivity contribution in [3.63, 3.8) is 0 Å². The lowest BCUT2D eigenvalue weighted by atomic mass is 10.1. The largest absolute Gasteiger partial charge is 0.492 e. The number of carbonyl (C=O) groups is 1. The van der Waals surface area contributed by atoms with E-state index in [1.54, 1.807) is 0 Å². The molecule has 2 saturated heterocycles. The Morgan fingerprint density at radius 3 is 2.52 bits per heavy atom. The van der Waals surface area contributed by atoms with E-state index < -0.39 is 0 Å². The highest BCUT2D eigenvalue weighted by atomic mass is 16.5. The second-order valence-electron chi connectivity index (χ2n) is 7.33. The Kier molecular flexibility index (Phi) is 5.97. The molecular formula is C20H30N2O3. The first kappa shape index (κ1) is 18.2. The molecule has 1 unspecified atom stereocenters. The van der Waals surface area contributed by atoms with Gasteiger partial charge in [-0.3, -0.25) is 9.69 Å². The minimum Gasteiger partial charge on any atom is -0.492 e. The summed E-state index contributed by atoms with van der Waals surface area (Å²) in [7, 11) is 2.03. The van der Waals surface area contributed by atoms with E-state index in [4.69, 9.17) is 9.47 Å². The predicted molar refractivity (Wildman–Crippen MR) is 98.0 cm³/mol. The molecule has 2 aliphatic rings. The molecule has 1 aromatic carbocycles. The molecule has 138 valence electrons. The van der Waals surface area contributed by atoms with Crippen LogP contribution in [0.2, 0.25) is 0 Å². The highest BCUT2D eigenvalue weighted by molar-refractivity contribution is 5.84. The fourth-order valence-corrected chi connectivity index (χ4v) is 3.93. The van der Waals surface area contributed by atoms with Gasteiger partial charge in [-0.2, -0.15) is 0 Å². The number of carbonyl (C=O) groups excluding carboxylic acids is 1. The van der Waals surface area contributed by atoms with E-state index in [1.165, 1.54) is 11.1 Å². The Balaban J connectivity index is 1.48. The molecule has 2 aliphatic heterocycles. The molecule has 5 nitrogen and oxygen atoms in total. The first-order chi connectivity index (χ1) is 12.0. The molecule has 0 radical (unpaired) electrons. The van der Waals surface area contributed by atoms with Crippen LogP contribution < -0.4 is 4.74 Å². The number of aryl methyl sites for hydroxylation is 2. The highest BCUT2D eigenvalue weighted by Crippen LogP contribution is 2.24. The van der Waals surface area contributed by atoms with Crippen LogP contribution in [0.1, 0.15) is 30.4 Å². The van der Waals surface area contributed by atoms with Crippen LogP contribution in [0, 0.1) is 13.8 Å². The van der Waals surface area contributed by atoms with Crippen molar-refractivity contribution in [1.82, 2.24) is 9.80 Å². The molecule has 2 heterocycles. The quantitative estimate of drug-likeness (QED) is 0.793. The minimum atomic E-state index is -0.00862. The number of amides is 1. The van der Waals surface area contributed by atoms with Crippen LogP contribution in [0.15, 0.2) is 18.2 Å². The number of rotatable bonds is 6. The SMILES string of the molecule is Cc1cc(C)cc(OCCN(C)C2CCN(C3CCOCC3)C2=O)c1. The number of benzene rings is 1. The lowest BCUT2D eigenvalue weighted by Crippen LogP contribution is -2.46. The van der Waals surface area contributed by atoms with Crippen molar-refractivity contribution in [1.29, 1.82) is 0 Å². The van der Waals surface area contributed by atoms with Gasteiger partial charge in [0, 0.05) is 32.3 Å². The molecule has 1 atom stereocenters. The van der Waals surface area contributed by atoms with Gasteiger partial charge in [0.25, 0.3) is 0 Å². The molecule has 0 bridgehead atoms. The summed E-state index contributed by atoms with van der Waals surface area (Å²) in [6, 6.07) is 6.61. The van der Waals surface area contributed by atoms with Crippen LogP contribution in [0.3, 0.4) is 0 Å². The van der Waals surface area contributed by atoms with Gasteiger partial charge in [0.05, 0.1) is 6.04 Å². The Morgan fingerprint density at radius 1 is 1.16 bits per heavy atom. The number of likely N-dealkylation sites (N-methyl/N-ethyl adjacent to an activating group) is 1. The van der Waals surface area contributed by atoms with Crippen LogP contribution >= 0.6 is 0 Å². The van der Waals surface area contributed by atoms with Gasteiger partial charge in [0.15, 0.2) is 0 Å². The van der Waals surface area contributed by atoms with Gasteiger partial charge in [-0.1, -0.05) is 6.07 Å². The summed E-state index contributed by atoms with van der Waals surface area (Å²) in [5, 5.41) is 0. The van der Waals surface area contributed by atoms with Crippen molar-refractivity contribution in [2.24, 2.45) is 0 Å². The monoisotopic (exact) mass is 346 g/mol. The highest BCUT2D eigenvalue weighted by Gasteiger charge is 2.38. The van der Waals surface area contributed by atoms with Crippen molar-refractivity contribution < 1.29 is 14.3 Å². The third kappa shape index (κ3) is 4.53. The molecule has 25 heavy (non-hydrogen) atoms. The molecule has 0 aliphatic carbocycles. The maximum Gasteiger partial charge on any atom is 0.240 e. The minimum absolute atomic E-state index is 0.00862. The van der Waals surface area contributed by atoms with E-state index in [1.807, 2.05) is 7.05 Å². The summed E-state index contributed by atoms with van der Waals surface area (Å²) >= 11 is 0. The summed E-state index contributed by atoms with van der Waals surface area (Å²) in [6.07, 6.45) is 2.85. The van der Waals surface area contributed by atoms with Crippen LogP contribution in [0.25, 0.3) is 0 Å².